The fourth-order valence-electron chi connectivity index (χ4n) is 13.2. The first-order valence-electron chi connectivity index (χ1n) is 35.5. The molecule has 0 aliphatic carbocycles. The number of benzene rings is 4. The van der Waals surface area contributed by atoms with Gasteiger partial charge in [-0.15, -0.1) is 0 Å². The molecule has 4 aliphatic heterocycles. The highest BCUT2D eigenvalue weighted by Gasteiger charge is 2.52. The van der Waals surface area contributed by atoms with Crippen molar-refractivity contribution in [2.45, 2.75) is 120 Å². The van der Waals surface area contributed by atoms with Crippen molar-refractivity contribution in [2.24, 2.45) is 11.7 Å². The van der Waals surface area contributed by atoms with Crippen molar-refractivity contribution in [3.05, 3.63) is 130 Å². The molecule has 10 rings (SSSR count). The van der Waals surface area contributed by atoms with E-state index in [1.165, 1.54) is 65.6 Å². The van der Waals surface area contributed by atoms with Gasteiger partial charge in [0.25, 0.3) is 15.6 Å². The molecule has 578 valence electrons. The van der Waals surface area contributed by atoms with Gasteiger partial charge in [0.15, 0.2) is 11.5 Å². The second kappa shape index (κ2) is 35.2. The Morgan fingerprint density at radius 1 is 0.750 bits per heavy atom. The van der Waals surface area contributed by atoms with Crippen LogP contribution in [0, 0.1) is 5.92 Å². The molecule has 1 saturated heterocycles. The van der Waals surface area contributed by atoms with E-state index in [4.69, 9.17) is 29.7 Å². The lowest BCUT2D eigenvalue weighted by atomic mass is 9.85. The molecule has 9 amide bonds. The molecule has 108 heavy (non-hydrogen) atoms. The summed E-state index contributed by atoms with van der Waals surface area (Å²) in [4.78, 5) is 145. The summed E-state index contributed by atoms with van der Waals surface area (Å²) < 4.78 is 53.8. The summed E-state index contributed by atoms with van der Waals surface area (Å²) in [5.74, 6) is -4.60. The number of carboxylic acid groups (broad SMARTS) is 1. The molecule has 0 spiro atoms. The number of sulfonamides is 1. The number of hydrogen-bond donors (Lipinski definition) is 12. The lowest BCUT2D eigenvalue weighted by Gasteiger charge is -2.38. The molecule has 6 atom stereocenters. The van der Waals surface area contributed by atoms with Crippen molar-refractivity contribution in [3.63, 3.8) is 0 Å². The van der Waals surface area contributed by atoms with Gasteiger partial charge in [-0.3, -0.25) is 43.7 Å². The molecule has 34 nitrogen and oxygen atoms in total. The summed E-state index contributed by atoms with van der Waals surface area (Å²) in [6.45, 7) is 10.3. The van der Waals surface area contributed by atoms with Crippen molar-refractivity contribution in [1.82, 2.24) is 55.7 Å². The second-order valence-electron chi connectivity index (χ2n) is 27.4. The number of aliphatic carboxylic acids is 1. The van der Waals surface area contributed by atoms with Gasteiger partial charge in [0.05, 0.1) is 65.4 Å². The zero-order valence-corrected chi connectivity index (χ0v) is 61.8. The number of likely N-dealkylation sites (tertiary alicyclic amines) is 1. The SMILES string of the molecule is CCCNC(=O)Nc1cccc(S(=O)(=O)Nc2cccc(C(CC(=O)O)NC(=O)Nc3ccc(NC(=O)NCCN(C)CCN(C)CCN(C)CC(=O)NC(CC(N)=O)C(=O)N4CCCC4C(O)NC(C(=O)OC4(CC)C(=O)OCc5c4cc4n(c5=O)Cc5cc6cc7c(cc6nc5-4)OCO7)C(C)C)cc3)c2)c1. The van der Waals surface area contributed by atoms with Crippen molar-refractivity contribution in [2.75, 3.05) is 108 Å². The lowest BCUT2D eigenvalue weighted by Crippen LogP contribution is -2.59. The fourth-order valence-corrected chi connectivity index (χ4v) is 14.3. The molecule has 0 radical (unpaired) electrons. The zero-order valence-electron chi connectivity index (χ0n) is 61.0. The number of urea groups is 3. The van der Waals surface area contributed by atoms with Gasteiger partial charge in [-0.05, 0) is 131 Å². The van der Waals surface area contributed by atoms with Crippen LogP contribution < -0.4 is 68.0 Å². The number of aliphatic hydroxyl groups is 1. The molecule has 6 heterocycles. The first kappa shape index (κ1) is 79.6. The van der Waals surface area contributed by atoms with E-state index in [2.05, 4.69) is 52.2 Å². The number of cyclic esters (lactones) is 1. The van der Waals surface area contributed by atoms with Crippen LogP contribution in [0.4, 0.5) is 37.1 Å². The van der Waals surface area contributed by atoms with E-state index in [1.807, 2.05) is 38.1 Å². The predicted molar refractivity (Wildman–Crippen MR) is 397 cm³/mol. The summed E-state index contributed by atoms with van der Waals surface area (Å²) >= 11 is 0. The van der Waals surface area contributed by atoms with Crippen LogP contribution in [0.5, 0.6) is 11.5 Å². The Hall–Kier alpha value is -11.0. The van der Waals surface area contributed by atoms with E-state index in [0.717, 1.165) is 10.9 Å². The molecule has 0 bridgehead atoms. The third-order valence-electron chi connectivity index (χ3n) is 19.0. The molecule has 4 aromatic carbocycles. The molecule has 0 saturated carbocycles. The van der Waals surface area contributed by atoms with E-state index in [1.54, 1.807) is 61.6 Å². The summed E-state index contributed by atoms with van der Waals surface area (Å²) in [6, 6.07) is 18.4. The van der Waals surface area contributed by atoms with Gasteiger partial charge in [0.2, 0.25) is 30.1 Å². The highest BCUT2D eigenvalue weighted by Crippen LogP contribution is 2.43. The standard InChI is InChI=1S/C73H92N16O18S/c1-8-22-75-70(99)79-48-14-11-16-50(33-48)108(102,103)84-49-15-10-13-43(31-49)54(37-62(92)93)82-72(101)78-47-20-18-46(19-21-47)77-71(100)76-23-25-85(5)26-27-86(6)28-29-87(7)39-61(91)80-55(36-60(74)90)67(96)88-24-12-17-56(88)65(94)83-63(42(3)4)68(97)107-73(9-2)52-34-57-64-45(38-89(57)66(95)51(52)40-104-69(73)98)30-44-32-58-59(106-41-105-58)35-53(44)81-64/h10-11,13-16,18-21,30-35,42,54-56,63,65,83-84,94H,8-9,12,17,22-29,36-41H2,1-7H3,(H2,74,90)(H,80,91)(H,92,93)(H2,75,79,99)(H2,76,77,100)(H2,78,82,101). The Bertz CT molecular complexity index is 4560. The van der Waals surface area contributed by atoms with E-state index >= 15 is 0 Å². The number of rotatable bonds is 34. The number of hydrogen-bond acceptors (Lipinski definition) is 22. The molecular formula is C73H92N16O18S. The summed E-state index contributed by atoms with van der Waals surface area (Å²) in [5, 5.41) is 44.1. The van der Waals surface area contributed by atoms with Crippen molar-refractivity contribution in [1.29, 1.82) is 0 Å². The van der Waals surface area contributed by atoms with Gasteiger partial charge in [0, 0.05) is 97.7 Å². The number of carboxylic acids is 1. The quantitative estimate of drug-likeness (QED) is 0.0201. The minimum Gasteiger partial charge on any atom is -0.481 e. The minimum atomic E-state index is -4.19. The molecule has 6 aromatic rings. The number of anilines is 4. The second-order valence-corrected chi connectivity index (χ2v) is 29.1. The molecule has 4 aliphatic rings. The number of aliphatic hydroxyl groups excluding tert-OH is 1. The van der Waals surface area contributed by atoms with Crippen LogP contribution in [0.3, 0.4) is 0 Å². The molecule has 6 unspecified atom stereocenters. The number of carbonyl (C=O) groups is 9. The Balaban J connectivity index is 0.639. The van der Waals surface area contributed by atoms with Crippen LogP contribution in [0.1, 0.15) is 94.5 Å². The van der Waals surface area contributed by atoms with Crippen LogP contribution in [-0.4, -0.2) is 213 Å². The third-order valence-corrected chi connectivity index (χ3v) is 20.4. The number of fused-ring (bicyclic) bond motifs is 6. The van der Waals surface area contributed by atoms with Crippen LogP contribution >= 0.6 is 0 Å². The summed E-state index contributed by atoms with van der Waals surface area (Å²) in [5.41, 5.74) is 7.00. The van der Waals surface area contributed by atoms with Crippen molar-refractivity contribution >= 4 is 97.4 Å². The summed E-state index contributed by atoms with van der Waals surface area (Å²) in [7, 11) is 1.35. The number of nitrogens with one attached hydrogen (secondary N) is 9. The monoisotopic (exact) mass is 1510 g/mol. The Labute approximate surface area is 623 Å². The number of likely N-dealkylation sites (N-methyl/N-ethyl adjacent to an activating group) is 3. The number of ether oxygens (including phenoxy) is 4. The molecule has 13 N–H and O–H groups in total. The normalized spacial score (nSPS) is 16.7. The van der Waals surface area contributed by atoms with E-state index in [-0.39, 0.29) is 78.8 Å². The van der Waals surface area contributed by atoms with Gasteiger partial charge in [0.1, 0.15) is 24.9 Å². The van der Waals surface area contributed by atoms with Gasteiger partial charge in [-0.1, -0.05) is 45.9 Å². The number of esters is 2. The maximum Gasteiger partial charge on any atom is 0.355 e. The zero-order chi connectivity index (χ0) is 77.7. The number of aromatic nitrogens is 2. The molecule has 2 aromatic heterocycles. The number of carbonyl (C=O) groups excluding carboxylic acids is 8. The van der Waals surface area contributed by atoms with Crippen LogP contribution in [-0.2, 0) is 67.0 Å². The lowest BCUT2D eigenvalue weighted by molar-refractivity contribution is -0.192. The van der Waals surface area contributed by atoms with E-state index < -0.39 is 124 Å². The number of pyridine rings is 2. The predicted octanol–water partition coefficient (Wildman–Crippen LogP) is 3.93. The highest BCUT2D eigenvalue weighted by molar-refractivity contribution is 7.92. The maximum atomic E-state index is 14.6. The van der Waals surface area contributed by atoms with Crippen LogP contribution in [0.25, 0.3) is 22.3 Å². The number of amides is 9. The smallest absolute Gasteiger partial charge is 0.355 e. The van der Waals surface area contributed by atoms with Gasteiger partial charge in [-0.25, -0.2) is 32.6 Å². The van der Waals surface area contributed by atoms with Gasteiger partial charge < -0.3 is 91.4 Å². The molecule has 1 fully saturated rings. The average Bonchev–Trinajstić information content (AvgIpc) is 1.51. The molecular weight excluding hydrogens is 1420 g/mol. The number of primary amides is 1. The summed E-state index contributed by atoms with van der Waals surface area (Å²) in [6.07, 6.45) is -1.34. The first-order valence-corrected chi connectivity index (χ1v) is 37.0. The van der Waals surface area contributed by atoms with Crippen molar-refractivity contribution in [3.8, 4) is 22.9 Å². The first-order chi connectivity index (χ1) is 51.5. The average molecular weight is 1510 g/mol. The third kappa shape index (κ3) is 19.6. The number of nitrogens with zero attached hydrogens (tertiary/aromatic N) is 6. The van der Waals surface area contributed by atoms with E-state index in [0.29, 0.717) is 98.4 Å². The fraction of sp³-hybridized carbons (Fsp3) is 0.438. The Kier molecular flexibility index (Phi) is 25.9. The number of nitrogens with two attached hydrogens (primary N) is 1. The highest BCUT2D eigenvalue weighted by atomic mass is 32.2. The van der Waals surface area contributed by atoms with Crippen LogP contribution in [0.15, 0.2) is 107 Å². The largest absolute Gasteiger partial charge is 0.481 e. The topological polar surface area (TPSA) is 447 Å². The van der Waals surface area contributed by atoms with Gasteiger partial charge in [-0.2, -0.15) is 0 Å². The van der Waals surface area contributed by atoms with Crippen molar-refractivity contribution < 1.29 is 80.7 Å². The maximum absolute atomic E-state index is 14.6. The van der Waals surface area contributed by atoms with Crippen LogP contribution in [0.2, 0.25) is 0 Å². The Morgan fingerprint density at radius 2 is 1.40 bits per heavy atom. The minimum absolute atomic E-state index is 0.0745. The molecule has 35 heteroatoms. The van der Waals surface area contributed by atoms with Gasteiger partial charge >= 0.3 is 36.0 Å². The van der Waals surface area contributed by atoms with E-state index in [9.17, 15) is 66.6 Å². The Morgan fingerprint density at radius 3 is 2.07 bits per heavy atom.